The zero-order chi connectivity index (χ0) is 17.6. The van der Waals surface area contributed by atoms with E-state index in [0.717, 1.165) is 18.5 Å². The van der Waals surface area contributed by atoms with Crippen LogP contribution < -0.4 is 10.1 Å². The minimum Gasteiger partial charge on any atom is -0.481 e. The number of benzene rings is 1. The van der Waals surface area contributed by atoms with Crippen molar-refractivity contribution in [2.75, 3.05) is 5.32 Å². The predicted octanol–water partition coefficient (Wildman–Crippen LogP) is 4.08. The molecule has 0 spiro atoms. The second kappa shape index (κ2) is 8.13. The lowest BCUT2D eigenvalue weighted by Crippen LogP contribution is -2.30. The second-order valence-electron chi connectivity index (χ2n) is 6.19. The molecular weight excluding hydrogens is 334 g/mol. The zero-order valence-corrected chi connectivity index (χ0v) is 15.1. The Bertz CT molecular complexity index is 769. The van der Waals surface area contributed by atoms with Crippen LogP contribution in [0.2, 0.25) is 0 Å². The summed E-state index contributed by atoms with van der Waals surface area (Å²) in [7, 11) is 0. The number of aryl methyl sites for hydroxylation is 2. The van der Waals surface area contributed by atoms with Crippen molar-refractivity contribution < 1.29 is 9.53 Å². The van der Waals surface area contributed by atoms with Crippen LogP contribution in [0.1, 0.15) is 48.7 Å². The number of anilines is 1. The molecular formula is C19H21N3O2S. The molecule has 0 saturated carbocycles. The van der Waals surface area contributed by atoms with E-state index in [1.165, 1.54) is 30.6 Å². The first kappa shape index (κ1) is 17.4. The summed E-state index contributed by atoms with van der Waals surface area (Å²) in [5.41, 5.74) is 1.64. The number of nitrogens with zero attached hydrogens (tertiary/aromatic N) is 2. The molecule has 2 aromatic rings. The van der Waals surface area contributed by atoms with Gasteiger partial charge in [-0.15, -0.1) is 11.3 Å². The van der Waals surface area contributed by atoms with Gasteiger partial charge in [-0.1, -0.05) is 18.9 Å². The van der Waals surface area contributed by atoms with Crippen LogP contribution in [0.4, 0.5) is 5.13 Å². The number of ether oxygens (including phenoxy) is 1. The number of carbonyl (C=O) groups excluding carboxylic acids is 1. The van der Waals surface area contributed by atoms with Crippen molar-refractivity contribution in [1.82, 2.24) is 4.98 Å². The quantitative estimate of drug-likeness (QED) is 0.897. The lowest BCUT2D eigenvalue weighted by Gasteiger charge is -2.13. The predicted molar refractivity (Wildman–Crippen MR) is 97.9 cm³/mol. The Hall–Kier alpha value is -2.39. The van der Waals surface area contributed by atoms with E-state index in [0.29, 0.717) is 16.4 Å². The van der Waals surface area contributed by atoms with Crippen LogP contribution in [0.5, 0.6) is 5.75 Å². The second-order valence-corrected chi connectivity index (χ2v) is 7.28. The summed E-state index contributed by atoms with van der Waals surface area (Å²) in [4.78, 5) is 18.3. The van der Waals surface area contributed by atoms with Crippen LogP contribution in [0.25, 0.3) is 0 Å². The van der Waals surface area contributed by atoms with Crippen LogP contribution in [0.15, 0.2) is 24.3 Å². The minimum atomic E-state index is -0.666. The van der Waals surface area contributed by atoms with E-state index in [9.17, 15) is 4.79 Å². The van der Waals surface area contributed by atoms with E-state index in [-0.39, 0.29) is 5.91 Å². The zero-order valence-electron chi connectivity index (χ0n) is 14.2. The number of carbonyl (C=O) groups is 1. The fourth-order valence-electron chi connectivity index (χ4n) is 2.86. The standard InChI is InChI=1S/C19H21N3O2S/c1-13(24-15-8-6-7-14(11-15)12-20)18(23)22-19-21-16-9-4-2-3-5-10-17(16)25-19/h6-8,11,13H,2-5,9-10H2,1H3,(H,21,22,23). The van der Waals surface area contributed by atoms with E-state index in [1.54, 1.807) is 42.5 Å². The van der Waals surface area contributed by atoms with E-state index >= 15 is 0 Å². The molecule has 6 heteroatoms. The molecule has 0 fully saturated rings. The van der Waals surface area contributed by atoms with Crippen molar-refractivity contribution >= 4 is 22.4 Å². The van der Waals surface area contributed by atoms with E-state index in [2.05, 4.69) is 16.4 Å². The van der Waals surface area contributed by atoms with Gasteiger partial charge in [-0.2, -0.15) is 5.26 Å². The molecule has 1 aliphatic rings. The Morgan fingerprint density at radius 1 is 1.32 bits per heavy atom. The van der Waals surface area contributed by atoms with Gasteiger partial charge in [0.25, 0.3) is 5.91 Å². The lowest BCUT2D eigenvalue weighted by atomic mass is 10.0. The molecule has 1 amide bonds. The summed E-state index contributed by atoms with van der Waals surface area (Å²) < 4.78 is 5.65. The third kappa shape index (κ3) is 4.58. The Kier molecular flexibility index (Phi) is 5.67. The summed E-state index contributed by atoms with van der Waals surface area (Å²) >= 11 is 1.57. The van der Waals surface area contributed by atoms with E-state index in [1.807, 2.05) is 0 Å². The molecule has 1 aliphatic carbocycles. The summed E-state index contributed by atoms with van der Waals surface area (Å²) in [6, 6.07) is 8.85. The highest BCUT2D eigenvalue weighted by atomic mass is 32.1. The van der Waals surface area contributed by atoms with Crippen molar-refractivity contribution in [1.29, 1.82) is 5.26 Å². The maximum atomic E-state index is 12.4. The van der Waals surface area contributed by atoms with Crippen LogP contribution in [0, 0.1) is 11.3 Å². The summed E-state index contributed by atoms with van der Waals surface area (Å²) in [6.07, 6.45) is 6.26. The lowest BCUT2D eigenvalue weighted by molar-refractivity contribution is -0.122. The maximum absolute atomic E-state index is 12.4. The number of thiazole rings is 1. The van der Waals surface area contributed by atoms with Crippen molar-refractivity contribution in [3.63, 3.8) is 0 Å². The molecule has 1 heterocycles. The van der Waals surface area contributed by atoms with Gasteiger partial charge in [-0.05, 0) is 50.8 Å². The van der Waals surface area contributed by atoms with Gasteiger partial charge in [0.15, 0.2) is 11.2 Å². The number of amides is 1. The normalized spacial score (nSPS) is 15.2. The highest BCUT2D eigenvalue weighted by molar-refractivity contribution is 7.15. The first-order valence-corrected chi connectivity index (χ1v) is 9.43. The summed E-state index contributed by atoms with van der Waals surface area (Å²) in [6.45, 7) is 1.69. The molecule has 1 aromatic heterocycles. The Labute approximate surface area is 151 Å². The average molecular weight is 355 g/mol. The van der Waals surface area contributed by atoms with Crippen molar-refractivity contribution in [2.24, 2.45) is 0 Å². The van der Waals surface area contributed by atoms with Gasteiger partial charge >= 0.3 is 0 Å². The topological polar surface area (TPSA) is 75.0 Å². The largest absolute Gasteiger partial charge is 0.481 e. The molecule has 0 saturated heterocycles. The molecule has 5 nitrogen and oxygen atoms in total. The smallest absolute Gasteiger partial charge is 0.266 e. The van der Waals surface area contributed by atoms with Crippen molar-refractivity contribution in [3.8, 4) is 11.8 Å². The average Bonchev–Trinajstić information content (AvgIpc) is 2.95. The number of aromatic nitrogens is 1. The van der Waals surface area contributed by atoms with Crippen LogP contribution in [-0.4, -0.2) is 17.0 Å². The van der Waals surface area contributed by atoms with Gasteiger partial charge in [0.1, 0.15) is 5.75 Å². The molecule has 0 aliphatic heterocycles. The van der Waals surface area contributed by atoms with Gasteiger partial charge in [0, 0.05) is 4.88 Å². The number of nitrogens with one attached hydrogen (secondary N) is 1. The van der Waals surface area contributed by atoms with E-state index < -0.39 is 6.10 Å². The Balaban J connectivity index is 1.63. The third-order valence-corrected chi connectivity index (χ3v) is 5.29. The molecule has 1 atom stereocenters. The number of fused-ring (bicyclic) bond motifs is 1. The van der Waals surface area contributed by atoms with Gasteiger partial charge in [0.2, 0.25) is 0 Å². The first-order valence-electron chi connectivity index (χ1n) is 8.62. The van der Waals surface area contributed by atoms with Gasteiger partial charge < -0.3 is 4.74 Å². The molecule has 25 heavy (non-hydrogen) atoms. The van der Waals surface area contributed by atoms with Gasteiger partial charge in [-0.25, -0.2) is 4.98 Å². The number of hydrogen-bond donors (Lipinski definition) is 1. The Morgan fingerprint density at radius 2 is 2.12 bits per heavy atom. The van der Waals surface area contributed by atoms with Crippen LogP contribution >= 0.6 is 11.3 Å². The van der Waals surface area contributed by atoms with Crippen molar-refractivity contribution in [2.45, 2.75) is 51.6 Å². The van der Waals surface area contributed by atoms with Gasteiger partial charge in [-0.3, -0.25) is 10.1 Å². The summed E-state index contributed by atoms with van der Waals surface area (Å²) in [5.74, 6) is 0.275. The van der Waals surface area contributed by atoms with Crippen LogP contribution in [0.3, 0.4) is 0 Å². The van der Waals surface area contributed by atoms with Gasteiger partial charge in [0.05, 0.1) is 17.3 Å². The van der Waals surface area contributed by atoms with E-state index in [4.69, 9.17) is 10.00 Å². The maximum Gasteiger partial charge on any atom is 0.266 e. The fourth-order valence-corrected chi connectivity index (χ4v) is 3.92. The molecule has 0 radical (unpaired) electrons. The highest BCUT2D eigenvalue weighted by Gasteiger charge is 2.19. The summed E-state index contributed by atoms with van der Waals surface area (Å²) in [5, 5.41) is 12.4. The van der Waals surface area contributed by atoms with Crippen molar-refractivity contribution in [3.05, 3.63) is 40.4 Å². The molecule has 3 rings (SSSR count). The third-order valence-electron chi connectivity index (χ3n) is 4.22. The Morgan fingerprint density at radius 3 is 2.92 bits per heavy atom. The monoisotopic (exact) mass is 355 g/mol. The van der Waals surface area contributed by atoms with Crippen LogP contribution in [-0.2, 0) is 17.6 Å². The molecule has 130 valence electrons. The molecule has 1 aromatic carbocycles. The fraction of sp³-hybridized carbons (Fsp3) is 0.421. The highest BCUT2D eigenvalue weighted by Crippen LogP contribution is 2.28. The number of nitriles is 1. The first-order chi connectivity index (χ1) is 12.2. The minimum absolute atomic E-state index is 0.232. The number of rotatable bonds is 4. The SMILES string of the molecule is CC(Oc1cccc(C#N)c1)C(=O)Nc1nc2c(s1)CCCCCC2. The molecule has 1 unspecified atom stereocenters. The molecule has 0 bridgehead atoms. The number of hydrogen-bond acceptors (Lipinski definition) is 5. The molecule has 1 N–H and O–H groups in total.